The molecule has 0 aromatic carbocycles. The van der Waals surface area contributed by atoms with Gasteiger partial charge in [-0.3, -0.25) is 19.6 Å². The van der Waals surface area contributed by atoms with Gasteiger partial charge in [0.2, 0.25) is 0 Å². The van der Waals surface area contributed by atoms with Crippen LogP contribution in [0.1, 0.15) is 10.4 Å². The van der Waals surface area contributed by atoms with Gasteiger partial charge in [-0.1, -0.05) is 0 Å². The first-order valence-corrected chi connectivity index (χ1v) is 3.78. The number of nitrogens with one attached hydrogen (secondary N) is 2. The summed E-state index contributed by atoms with van der Waals surface area (Å²) < 4.78 is 0. The normalized spacial score (nSPS) is 10.3. The Morgan fingerprint density at radius 3 is 2.79 bits per heavy atom. The lowest BCUT2D eigenvalue weighted by Crippen LogP contribution is -2.22. The minimum absolute atomic E-state index is 0.171. The second-order valence-corrected chi connectivity index (χ2v) is 2.69. The predicted octanol–water partition coefficient (Wildman–Crippen LogP) is -0.576. The molecular formula is C8H5N3O3. The zero-order valence-corrected chi connectivity index (χ0v) is 6.90. The van der Waals surface area contributed by atoms with Crippen LogP contribution in [0, 0.1) is 0 Å². The highest BCUT2D eigenvalue weighted by molar-refractivity contribution is 5.82. The van der Waals surface area contributed by atoms with Crippen molar-refractivity contribution in [2.75, 3.05) is 0 Å². The summed E-state index contributed by atoms with van der Waals surface area (Å²) in [5.41, 5.74) is -0.715. The molecule has 70 valence electrons. The van der Waals surface area contributed by atoms with E-state index in [0.717, 1.165) is 0 Å². The SMILES string of the molecule is O=Cc1cnc2[nH]c(=O)[nH]c(=O)c2c1. The van der Waals surface area contributed by atoms with Crippen LogP contribution in [0.5, 0.6) is 0 Å². The smallest absolute Gasteiger partial charge is 0.298 e. The van der Waals surface area contributed by atoms with Gasteiger partial charge >= 0.3 is 5.69 Å². The lowest BCUT2D eigenvalue weighted by molar-refractivity contribution is 0.112. The third kappa shape index (κ3) is 1.22. The van der Waals surface area contributed by atoms with Crippen molar-refractivity contribution in [2.24, 2.45) is 0 Å². The summed E-state index contributed by atoms with van der Waals surface area (Å²) in [7, 11) is 0. The minimum Gasteiger partial charge on any atom is -0.298 e. The molecule has 0 aliphatic heterocycles. The molecule has 0 fully saturated rings. The van der Waals surface area contributed by atoms with Gasteiger partial charge in [0.1, 0.15) is 5.65 Å². The maximum atomic E-state index is 11.2. The van der Waals surface area contributed by atoms with Crippen molar-refractivity contribution in [1.29, 1.82) is 0 Å². The monoisotopic (exact) mass is 191 g/mol. The number of aromatic amines is 2. The van der Waals surface area contributed by atoms with Gasteiger partial charge in [-0.2, -0.15) is 0 Å². The van der Waals surface area contributed by atoms with E-state index in [1.165, 1.54) is 12.3 Å². The summed E-state index contributed by atoms with van der Waals surface area (Å²) in [5.74, 6) is 0. The average molecular weight is 191 g/mol. The highest BCUT2D eigenvalue weighted by Gasteiger charge is 2.02. The van der Waals surface area contributed by atoms with Crippen molar-refractivity contribution in [3.05, 3.63) is 38.7 Å². The van der Waals surface area contributed by atoms with Crippen LogP contribution < -0.4 is 11.2 Å². The third-order valence-electron chi connectivity index (χ3n) is 1.75. The van der Waals surface area contributed by atoms with Crippen molar-refractivity contribution >= 4 is 17.3 Å². The van der Waals surface area contributed by atoms with Gasteiger partial charge in [-0.05, 0) is 6.07 Å². The van der Waals surface area contributed by atoms with Crippen molar-refractivity contribution in [3.63, 3.8) is 0 Å². The molecule has 0 amide bonds. The van der Waals surface area contributed by atoms with Crippen LogP contribution >= 0.6 is 0 Å². The molecule has 6 nitrogen and oxygen atoms in total. The molecule has 0 aliphatic carbocycles. The number of aromatic nitrogens is 3. The van der Waals surface area contributed by atoms with Gasteiger partial charge in [0.15, 0.2) is 6.29 Å². The third-order valence-corrected chi connectivity index (χ3v) is 1.75. The van der Waals surface area contributed by atoms with E-state index in [0.29, 0.717) is 6.29 Å². The molecule has 0 radical (unpaired) electrons. The number of aldehydes is 1. The van der Waals surface area contributed by atoms with Crippen LogP contribution in [-0.2, 0) is 0 Å². The molecule has 0 saturated carbocycles. The van der Waals surface area contributed by atoms with E-state index in [1.807, 2.05) is 4.98 Å². The molecule has 2 rings (SSSR count). The molecule has 14 heavy (non-hydrogen) atoms. The molecule has 6 heteroatoms. The summed E-state index contributed by atoms with van der Waals surface area (Å²) in [6.45, 7) is 0. The summed E-state index contributed by atoms with van der Waals surface area (Å²) in [6, 6.07) is 1.37. The van der Waals surface area contributed by atoms with Crippen LogP contribution in [0.25, 0.3) is 11.0 Å². The topological polar surface area (TPSA) is 95.7 Å². The molecule has 0 atom stereocenters. The van der Waals surface area contributed by atoms with Crippen LogP contribution in [0.15, 0.2) is 21.9 Å². The van der Waals surface area contributed by atoms with Crippen LogP contribution in [-0.4, -0.2) is 21.2 Å². The quantitative estimate of drug-likeness (QED) is 0.589. The van der Waals surface area contributed by atoms with Crippen LogP contribution in [0.3, 0.4) is 0 Å². The highest BCUT2D eigenvalue weighted by atomic mass is 16.2. The Kier molecular flexibility index (Phi) is 1.74. The lowest BCUT2D eigenvalue weighted by Gasteiger charge is -1.95. The van der Waals surface area contributed by atoms with Gasteiger partial charge in [-0.25, -0.2) is 9.78 Å². The van der Waals surface area contributed by atoms with Gasteiger partial charge in [0.05, 0.1) is 5.39 Å². The van der Waals surface area contributed by atoms with Gasteiger partial charge < -0.3 is 0 Å². The number of nitrogens with zero attached hydrogens (tertiary/aromatic N) is 1. The van der Waals surface area contributed by atoms with E-state index < -0.39 is 11.2 Å². The Morgan fingerprint density at radius 2 is 2.07 bits per heavy atom. The predicted molar refractivity (Wildman–Crippen MR) is 48.4 cm³/mol. The molecule has 0 unspecified atom stereocenters. The number of hydrogen-bond acceptors (Lipinski definition) is 4. The number of rotatable bonds is 1. The molecular weight excluding hydrogens is 186 g/mol. The fourth-order valence-corrected chi connectivity index (χ4v) is 1.13. The zero-order valence-electron chi connectivity index (χ0n) is 6.90. The number of hydrogen-bond donors (Lipinski definition) is 2. The van der Waals surface area contributed by atoms with E-state index in [2.05, 4.69) is 9.97 Å². The Balaban J connectivity index is 2.96. The van der Waals surface area contributed by atoms with Crippen molar-refractivity contribution in [3.8, 4) is 0 Å². The first-order valence-electron chi connectivity index (χ1n) is 3.78. The van der Waals surface area contributed by atoms with Gasteiger partial charge in [-0.15, -0.1) is 0 Å². The highest BCUT2D eigenvalue weighted by Crippen LogP contribution is 2.02. The van der Waals surface area contributed by atoms with Crippen molar-refractivity contribution in [2.45, 2.75) is 0 Å². The van der Waals surface area contributed by atoms with Gasteiger partial charge in [0, 0.05) is 11.8 Å². The minimum atomic E-state index is -0.617. The molecule has 2 aromatic heterocycles. The maximum absolute atomic E-state index is 11.2. The van der Waals surface area contributed by atoms with E-state index in [1.54, 1.807) is 0 Å². The Hall–Kier alpha value is -2.24. The van der Waals surface area contributed by atoms with E-state index in [9.17, 15) is 14.4 Å². The summed E-state index contributed by atoms with van der Waals surface area (Å²) in [5, 5.41) is 0.189. The van der Waals surface area contributed by atoms with E-state index in [4.69, 9.17) is 0 Å². The first-order chi connectivity index (χ1) is 6.70. The fraction of sp³-hybridized carbons (Fsp3) is 0. The Bertz CT molecular complexity index is 611. The molecule has 2 N–H and O–H groups in total. The molecule has 2 heterocycles. The summed E-state index contributed by atoms with van der Waals surface area (Å²) in [4.78, 5) is 40.6. The van der Waals surface area contributed by atoms with Crippen molar-refractivity contribution in [1.82, 2.24) is 15.0 Å². The number of carbonyl (C=O) groups excluding carboxylic acids is 1. The number of H-pyrrole nitrogens is 2. The molecule has 0 aliphatic rings. The Morgan fingerprint density at radius 1 is 1.29 bits per heavy atom. The molecule has 0 spiro atoms. The van der Waals surface area contributed by atoms with Gasteiger partial charge in [0.25, 0.3) is 5.56 Å². The lowest BCUT2D eigenvalue weighted by atomic mass is 10.2. The average Bonchev–Trinajstić information content (AvgIpc) is 2.17. The molecule has 0 saturated heterocycles. The van der Waals surface area contributed by atoms with E-state index >= 15 is 0 Å². The largest absolute Gasteiger partial charge is 0.327 e. The number of fused-ring (bicyclic) bond motifs is 1. The summed E-state index contributed by atoms with van der Waals surface area (Å²) in [6.07, 6.45) is 1.86. The second kappa shape index (κ2) is 2.91. The number of pyridine rings is 1. The molecule has 0 bridgehead atoms. The van der Waals surface area contributed by atoms with Crippen LogP contribution in [0.2, 0.25) is 0 Å². The summed E-state index contributed by atoms with van der Waals surface area (Å²) >= 11 is 0. The van der Waals surface area contributed by atoms with Crippen molar-refractivity contribution < 1.29 is 4.79 Å². The van der Waals surface area contributed by atoms with Crippen LogP contribution in [0.4, 0.5) is 0 Å². The zero-order chi connectivity index (χ0) is 10.1. The van der Waals surface area contributed by atoms with E-state index in [-0.39, 0.29) is 16.6 Å². The maximum Gasteiger partial charge on any atom is 0.327 e. The number of carbonyl (C=O) groups is 1. The second-order valence-electron chi connectivity index (χ2n) is 2.69. The fourth-order valence-electron chi connectivity index (χ4n) is 1.13. The molecule has 2 aromatic rings. The standard InChI is InChI=1S/C8H5N3O3/c12-3-4-1-5-6(9-2-4)10-8(14)11-7(5)13/h1-3H,(H2,9,10,11,13,14). The first kappa shape index (κ1) is 8.36. The Labute approximate surface area is 76.6 Å².